The van der Waals surface area contributed by atoms with Crippen LogP contribution in [-0.4, -0.2) is 40.6 Å². The number of aromatic nitrogens is 2. The van der Waals surface area contributed by atoms with Gasteiger partial charge >= 0.3 is 0 Å². The molecule has 2 amide bonds. The van der Waals surface area contributed by atoms with E-state index in [9.17, 15) is 9.59 Å². The monoisotopic (exact) mass is 406 g/mol. The Balaban J connectivity index is 1.47. The standard InChI is InChI=1S/C23H26N4O3/c1-16-6-4-7-17(12-16)23(29)25-14-21-26-19-9-2-3-10-20(19)27(21)15-22(28)24-13-18-8-5-11-30-18/h2-4,6-7,9-10,12,18H,5,8,11,13-15H2,1H3,(H,24,28)(H,25,29). The van der Waals surface area contributed by atoms with Crippen molar-refractivity contribution in [2.24, 2.45) is 0 Å². The summed E-state index contributed by atoms with van der Waals surface area (Å²) in [5.41, 5.74) is 3.29. The van der Waals surface area contributed by atoms with E-state index in [1.165, 1.54) is 0 Å². The van der Waals surface area contributed by atoms with Gasteiger partial charge in [0.15, 0.2) is 0 Å². The van der Waals surface area contributed by atoms with Gasteiger partial charge in [-0.25, -0.2) is 4.98 Å². The molecule has 7 heteroatoms. The van der Waals surface area contributed by atoms with E-state index in [1.807, 2.05) is 54.0 Å². The Kier molecular flexibility index (Phi) is 6.09. The molecule has 2 heterocycles. The first kappa shape index (κ1) is 20.1. The molecule has 0 radical (unpaired) electrons. The third-order valence-electron chi connectivity index (χ3n) is 5.27. The summed E-state index contributed by atoms with van der Waals surface area (Å²) >= 11 is 0. The summed E-state index contributed by atoms with van der Waals surface area (Å²) in [6, 6.07) is 15.1. The molecule has 0 bridgehead atoms. The van der Waals surface area contributed by atoms with Crippen molar-refractivity contribution in [3.05, 3.63) is 65.5 Å². The lowest BCUT2D eigenvalue weighted by molar-refractivity contribution is -0.122. The molecule has 2 aromatic carbocycles. The van der Waals surface area contributed by atoms with E-state index in [4.69, 9.17) is 4.74 Å². The first-order valence-corrected chi connectivity index (χ1v) is 10.3. The van der Waals surface area contributed by atoms with Crippen LogP contribution >= 0.6 is 0 Å². The van der Waals surface area contributed by atoms with Crippen LogP contribution in [0.2, 0.25) is 0 Å². The molecule has 1 aliphatic rings. The van der Waals surface area contributed by atoms with Crippen LogP contribution in [0.25, 0.3) is 11.0 Å². The number of carbonyl (C=O) groups is 2. The molecule has 156 valence electrons. The van der Waals surface area contributed by atoms with Gasteiger partial charge in [-0.2, -0.15) is 0 Å². The predicted molar refractivity (Wildman–Crippen MR) is 114 cm³/mol. The van der Waals surface area contributed by atoms with Gasteiger partial charge in [0.2, 0.25) is 5.91 Å². The van der Waals surface area contributed by atoms with Crippen molar-refractivity contribution >= 4 is 22.8 Å². The van der Waals surface area contributed by atoms with Crippen molar-refractivity contribution in [2.75, 3.05) is 13.2 Å². The number of rotatable bonds is 7. The summed E-state index contributed by atoms with van der Waals surface area (Å²) in [5.74, 6) is 0.379. The Hall–Kier alpha value is -3.19. The highest BCUT2D eigenvalue weighted by Crippen LogP contribution is 2.16. The van der Waals surface area contributed by atoms with Gasteiger partial charge in [0.25, 0.3) is 5.91 Å². The fourth-order valence-electron chi connectivity index (χ4n) is 3.72. The van der Waals surface area contributed by atoms with E-state index in [1.54, 1.807) is 6.07 Å². The molecule has 3 aromatic rings. The number of nitrogens with one attached hydrogen (secondary N) is 2. The number of nitrogens with zero attached hydrogens (tertiary/aromatic N) is 2. The number of carbonyl (C=O) groups excluding carboxylic acids is 2. The van der Waals surface area contributed by atoms with Crippen LogP contribution < -0.4 is 10.6 Å². The van der Waals surface area contributed by atoms with Crippen molar-refractivity contribution in [3.8, 4) is 0 Å². The summed E-state index contributed by atoms with van der Waals surface area (Å²) in [6.45, 7) is 3.61. The lowest BCUT2D eigenvalue weighted by atomic mass is 10.1. The average Bonchev–Trinajstić information content (AvgIpc) is 3.39. The smallest absolute Gasteiger partial charge is 0.251 e. The summed E-state index contributed by atoms with van der Waals surface area (Å²) < 4.78 is 7.42. The van der Waals surface area contributed by atoms with Crippen LogP contribution in [0.15, 0.2) is 48.5 Å². The molecule has 7 nitrogen and oxygen atoms in total. The van der Waals surface area contributed by atoms with Gasteiger partial charge in [-0.15, -0.1) is 0 Å². The van der Waals surface area contributed by atoms with Crippen molar-refractivity contribution in [1.82, 2.24) is 20.2 Å². The largest absolute Gasteiger partial charge is 0.376 e. The molecule has 2 N–H and O–H groups in total. The van der Waals surface area contributed by atoms with Crippen molar-refractivity contribution in [2.45, 2.75) is 39.0 Å². The van der Waals surface area contributed by atoms with E-state index >= 15 is 0 Å². The molecule has 1 aromatic heterocycles. The Morgan fingerprint density at radius 3 is 2.83 bits per heavy atom. The highest BCUT2D eigenvalue weighted by Gasteiger charge is 2.18. The number of hydrogen-bond donors (Lipinski definition) is 2. The fraction of sp³-hybridized carbons (Fsp3) is 0.348. The molecule has 1 fully saturated rings. The second-order valence-electron chi connectivity index (χ2n) is 7.59. The third kappa shape index (κ3) is 4.68. The van der Waals surface area contributed by atoms with Crippen molar-refractivity contribution < 1.29 is 14.3 Å². The number of benzene rings is 2. The number of amides is 2. The molecule has 0 spiro atoms. The quantitative estimate of drug-likeness (QED) is 0.632. The van der Waals surface area contributed by atoms with Gasteiger partial charge < -0.3 is 19.9 Å². The topological polar surface area (TPSA) is 85.2 Å². The van der Waals surface area contributed by atoms with E-state index in [-0.39, 0.29) is 31.0 Å². The number of para-hydroxylation sites is 2. The number of imidazole rings is 1. The molecule has 1 saturated heterocycles. The maximum atomic E-state index is 12.6. The summed E-state index contributed by atoms with van der Waals surface area (Å²) in [6.07, 6.45) is 2.11. The molecule has 30 heavy (non-hydrogen) atoms. The first-order valence-electron chi connectivity index (χ1n) is 10.3. The molecule has 4 rings (SSSR count). The van der Waals surface area contributed by atoms with E-state index < -0.39 is 0 Å². The molecule has 0 aliphatic carbocycles. The maximum absolute atomic E-state index is 12.6. The minimum Gasteiger partial charge on any atom is -0.376 e. The number of fused-ring (bicyclic) bond motifs is 1. The third-order valence-corrected chi connectivity index (χ3v) is 5.27. The SMILES string of the molecule is Cc1cccc(C(=O)NCc2nc3ccccc3n2CC(=O)NCC2CCCO2)c1. The molecule has 0 saturated carbocycles. The minimum atomic E-state index is -0.167. The summed E-state index contributed by atoms with van der Waals surface area (Å²) in [4.78, 5) is 29.7. The second-order valence-corrected chi connectivity index (χ2v) is 7.59. The van der Waals surface area contributed by atoms with Gasteiger partial charge in [0.05, 0.1) is 23.7 Å². The number of hydrogen-bond acceptors (Lipinski definition) is 4. The van der Waals surface area contributed by atoms with E-state index in [0.717, 1.165) is 36.0 Å². The van der Waals surface area contributed by atoms with Gasteiger partial charge in [-0.3, -0.25) is 9.59 Å². The normalized spacial score (nSPS) is 16.0. The van der Waals surface area contributed by atoms with Gasteiger partial charge in [0.1, 0.15) is 12.4 Å². The zero-order chi connectivity index (χ0) is 20.9. The average molecular weight is 406 g/mol. The zero-order valence-corrected chi connectivity index (χ0v) is 17.1. The molecular weight excluding hydrogens is 380 g/mol. The summed E-state index contributed by atoms with van der Waals surface area (Å²) in [7, 11) is 0. The van der Waals surface area contributed by atoms with Crippen LogP contribution in [0.3, 0.4) is 0 Å². The van der Waals surface area contributed by atoms with E-state index in [0.29, 0.717) is 17.9 Å². The highest BCUT2D eigenvalue weighted by atomic mass is 16.5. The zero-order valence-electron chi connectivity index (χ0n) is 17.1. The van der Waals surface area contributed by atoms with Gasteiger partial charge in [-0.05, 0) is 44.0 Å². The number of ether oxygens (including phenoxy) is 1. The van der Waals surface area contributed by atoms with Crippen molar-refractivity contribution in [3.63, 3.8) is 0 Å². The molecule has 1 aliphatic heterocycles. The number of aryl methyl sites for hydroxylation is 1. The van der Waals surface area contributed by atoms with Crippen LogP contribution in [0.5, 0.6) is 0 Å². The molecule has 1 unspecified atom stereocenters. The Morgan fingerprint density at radius 1 is 1.17 bits per heavy atom. The van der Waals surface area contributed by atoms with E-state index in [2.05, 4.69) is 15.6 Å². The van der Waals surface area contributed by atoms with Gasteiger partial charge in [-0.1, -0.05) is 29.8 Å². The lowest BCUT2D eigenvalue weighted by Crippen LogP contribution is -2.34. The van der Waals surface area contributed by atoms with Crippen LogP contribution in [-0.2, 0) is 22.6 Å². The Morgan fingerprint density at radius 2 is 2.03 bits per heavy atom. The molecular formula is C23H26N4O3. The second kappa shape index (κ2) is 9.09. The van der Waals surface area contributed by atoms with Crippen LogP contribution in [0.4, 0.5) is 0 Å². The maximum Gasteiger partial charge on any atom is 0.251 e. The highest BCUT2D eigenvalue weighted by molar-refractivity contribution is 5.94. The van der Waals surface area contributed by atoms with Crippen molar-refractivity contribution in [1.29, 1.82) is 0 Å². The van der Waals surface area contributed by atoms with Crippen LogP contribution in [0, 0.1) is 6.92 Å². The van der Waals surface area contributed by atoms with Gasteiger partial charge in [0, 0.05) is 18.7 Å². The first-order chi connectivity index (χ1) is 14.6. The predicted octanol–water partition coefficient (Wildman–Crippen LogP) is 2.57. The summed E-state index contributed by atoms with van der Waals surface area (Å²) in [5, 5.41) is 5.87. The molecule has 1 atom stereocenters. The Labute approximate surface area is 175 Å². The van der Waals surface area contributed by atoms with Crippen LogP contribution in [0.1, 0.15) is 34.6 Å². The lowest BCUT2D eigenvalue weighted by Gasteiger charge is -2.13. The minimum absolute atomic E-state index is 0.0973. The fourth-order valence-corrected chi connectivity index (χ4v) is 3.72. The Bertz CT molecular complexity index is 1050.